The minimum Gasteiger partial charge on any atom is -0.481 e. The molecule has 0 aromatic rings. The van der Waals surface area contributed by atoms with E-state index in [4.69, 9.17) is 10.2 Å². The molecule has 0 atom stereocenters. The molecule has 0 aromatic heterocycles. The number of carbonyl (C=O) groups is 2. The zero-order chi connectivity index (χ0) is 6.57. The molecule has 0 saturated carbocycles. The molecule has 51 valence electrons. The fraction of sp³-hybridized carbons (Fsp3) is 0.500. The van der Waals surface area contributed by atoms with E-state index >= 15 is 0 Å². The van der Waals surface area contributed by atoms with Gasteiger partial charge in [-0.05, 0) is 0 Å². The third-order valence-electron chi connectivity index (χ3n) is 0.553. The number of hydrogen-bond acceptors (Lipinski definition) is 2. The summed E-state index contributed by atoms with van der Waals surface area (Å²) in [6.45, 7) is 0. The summed E-state index contributed by atoms with van der Waals surface area (Å²) in [5, 5.41) is 15.8. The molecule has 0 aromatic carbocycles. The van der Waals surface area contributed by atoms with Crippen molar-refractivity contribution in [2.45, 2.75) is 12.8 Å². The monoisotopic (exact) mass is 239 g/mol. The molecule has 0 aliphatic carbocycles. The van der Waals surface area contributed by atoms with Gasteiger partial charge in [0.05, 0.1) is 12.8 Å². The molecule has 0 bridgehead atoms. The third kappa shape index (κ3) is 11.4. The van der Waals surface area contributed by atoms with Crippen molar-refractivity contribution in [3.63, 3.8) is 0 Å². The molecule has 3 radical (unpaired) electrons. The molecule has 9 heavy (non-hydrogen) atoms. The average molecular weight is 240 g/mol. The fourth-order valence-corrected chi connectivity index (χ4v) is 0.214. The van der Waals surface area contributed by atoms with Crippen LogP contribution in [0.5, 0.6) is 0 Å². The van der Waals surface area contributed by atoms with Crippen LogP contribution in [0.25, 0.3) is 0 Å². The Balaban J connectivity index is 0. The van der Waals surface area contributed by atoms with Gasteiger partial charge in [0, 0.05) is 24.4 Å². The second-order valence-corrected chi connectivity index (χ2v) is 1.29. The van der Waals surface area contributed by atoms with Gasteiger partial charge in [-0.25, -0.2) is 0 Å². The fourth-order valence-electron chi connectivity index (χ4n) is 0.214. The van der Waals surface area contributed by atoms with Crippen LogP contribution in [0.2, 0.25) is 0 Å². The van der Waals surface area contributed by atoms with E-state index < -0.39 is 11.9 Å². The second kappa shape index (κ2) is 5.89. The topological polar surface area (TPSA) is 74.6 Å². The van der Waals surface area contributed by atoms with Crippen molar-refractivity contribution in [2.24, 2.45) is 0 Å². The van der Waals surface area contributed by atoms with Crippen LogP contribution in [0.1, 0.15) is 12.8 Å². The van der Waals surface area contributed by atoms with Gasteiger partial charge in [-0.2, -0.15) is 0 Å². The van der Waals surface area contributed by atoms with Gasteiger partial charge in [-0.3, -0.25) is 9.59 Å². The molecule has 2 N–H and O–H groups in total. The maximum Gasteiger partial charge on any atom is 0.303 e. The van der Waals surface area contributed by atoms with E-state index in [0.29, 0.717) is 0 Å². The molecule has 0 fully saturated rings. The normalized spacial score (nSPS) is 7.56. The maximum absolute atomic E-state index is 9.64. The second-order valence-electron chi connectivity index (χ2n) is 1.29. The number of rotatable bonds is 3. The van der Waals surface area contributed by atoms with Gasteiger partial charge >= 0.3 is 11.9 Å². The molecule has 0 amide bonds. The molecular formula is C4H6O4Sb. The average Bonchev–Trinajstić information content (AvgIpc) is 1.61. The van der Waals surface area contributed by atoms with Crippen molar-refractivity contribution in [2.75, 3.05) is 0 Å². The summed E-state index contributed by atoms with van der Waals surface area (Å²) in [6.07, 6.45) is -0.593. The number of carboxylic acid groups (broad SMARTS) is 2. The van der Waals surface area contributed by atoms with Crippen LogP contribution in [0.15, 0.2) is 0 Å². The Morgan fingerprint density at radius 3 is 1.33 bits per heavy atom. The van der Waals surface area contributed by atoms with Gasteiger partial charge < -0.3 is 10.2 Å². The number of aliphatic carboxylic acids is 2. The van der Waals surface area contributed by atoms with E-state index in [1.807, 2.05) is 0 Å². The summed E-state index contributed by atoms with van der Waals surface area (Å²) in [4.78, 5) is 19.3. The van der Waals surface area contributed by atoms with E-state index in [0.717, 1.165) is 0 Å². The Hall–Kier alpha value is -0.242. The van der Waals surface area contributed by atoms with Gasteiger partial charge in [-0.1, -0.05) is 0 Å². The molecular weight excluding hydrogens is 234 g/mol. The third-order valence-corrected chi connectivity index (χ3v) is 0.553. The Morgan fingerprint density at radius 2 is 1.22 bits per heavy atom. The number of carboxylic acids is 2. The van der Waals surface area contributed by atoms with E-state index in [2.05, 4.69) is 0 Å². The molecule has 0 unspecified atom stereocenters. The predicted octanol–water partition coefficient (Wildman–Crippen LogP) is -0.445. The Labute approximate surface area is 69.3 Å². The SMILES string of the molecule is O=C(O)CCC(=O)O.[Sb]. The van der Waals surface area contributed by atoms with E-state index in [9.17, 15) is 9.59 Å². The Morgan fingerprint density at radius 1 is 1.00 bits per heavy atom. The van der Waals surface area contributed by atoms with Crippen LogP contribution in [-0.4, -0.2) is 46.6 Å². The van der Waals surface area contributed by atoms with Gasteiger partial charge in [0.15, 0.2) is 0 Å². The van der Waals surface area contributed by atoms with Gasteiger partial charge in [0.1, 0.15) is 0 Å². The molecule has 0 heterocycles. The quantitative estimate of drug-likeness (QED) is 0.655. The summed E-state index contributed by atoms with van der Waals surface area (Å²) >= 11 is 0. The van der Waals surface area contributed by atoms with Gasteiger partial charge in [0.2, 0.25) is 0 Å². The van der Waals surface area contributed by atoms with Gasteiger partial charge in [0.25, 0.3) is 0 Å². The van der Waals surface area contributed by atoms with Crippen LogP contribution < -0.4 is 0 Å². The summed E-state index contributed by atoms with van der Waals surface area (Å²) in [6, 6.07) is 0. The molecule has 0 saturated heterocycles. The molecule has 0 aliphatic rings. The van der Waals surface area contributed by atoms with E-state index in [1.54, 1.807) is 0 Å². The largest absolute Gasteiger partial charge is 0.481 e. The summed E-state index contributed by atoms with van der Waals surface area (Å²) < 4.78 is 0. The van der Waals surface area contributed by atoms with Crippen LogP contribution in [0, 0.1) is 0 Å². The first-order valence-electron chi connectivity index (χ1n) is 2.06. The zero-order valence-electron chi connectivity index (χ0n) is 4.57. The smallest absolute Gasteiger partial charge is 0.303 e. The van der Waals surface area contributed by atoms with Crippen molar-refractivity contribution >= 4 is 36.4 Å². The first-order chi connectivity index (χ1) is 3.63. The Kier molecular flexibility index (Phi) is 7.55. The predicted molar refractivity (Wildman–Crippen MR) is 30.3 cm³/mol. The van der Waals surface area contributed by atoms with Crippen molar-refractivity contribution in [1.82, 2.24) is 0 Å². The van der Waals surface area contributed by atoms with Crippen LogP contribution in [-0.2, 0) is 9.59 Å². The molecule has 5 heteroatoms. The van der Waals surface area contributed by atoms with Crippen LogP contribution >= 0.6 is 0 Å². The van der Waals surface area contributed by atoms with Crippen molar-refractivity contribution < 1.29 is 19.8 Å². The van der Waals surface area contributed by atoms with Crippen LogP contribution in [0.4, 0.5) is 0 Å². The summed E-state index contributed by atoms with van der Waals surface area (Å²) in [7, 11) is 0. The first-order valence-corrected chi connectivity index (χ1v) is 2.06. The molecule has 4 nitrogen and oxygen atoms in total. The van der Waals surface area contributed by atoms with Crippen molar-refractivity contribution in [1.29, 1.82) is 0 Å². The summed E-state index contributed by atoms with van der Waals surface area (Å²) in [5.41, 5.74) is 0. The van der Waals surface area contributed by atoms with E-state index in [1.165, 1.54) is 0 Å². The zero-order valence-corrected chi connectivity index (χ0v) is 7.13. The first kappa shape index (κ1) is 11.5. The van der Waals surface area contributed by atoms with Crippen molar-refractivity contribution in [3.8, 4) is 0 Å². The molecule has 0 aliphatic heterocycles. The minimum atomic E-state index is -1.08. The minimum absolute atomic E-state index is 0. The van der Waals surface area contributed by atoms with Gasteiger partial charge in [-0.15, -0.1) is 0 Å². The molecule has 0 spiro atoms. The van der Waals surface area contributed by atoms with Crippen molar-refractivity contribution in [3.05, 3.63) is 0 Å². The Bertz CT molecular complexity index is 97.1. The summed E-state index contributed by atoms with van der Waals surface area (Å²) in [5.74, 6) is -2.15. The van der Waals surface area contributed by atoms with Crippen LogP contribution in [0.3, 0.4) is 0 Å². The standard InChI is InChI=1S/C4H6O4.Sb/c5-3(6)1-2-4(7)8;/h1-2H2,(H,5,6)(H,7,8);. The maximum atomic E-state index is 9.64. The van der Waals surface area contributed by atoms with E-state index in [-0.39, 0.29) is 37.3 Å². The number of hydrogen-bond donors (Lipinski definition) is 2. The molecule has 0 rings (SSSR count).